The molecule has 1 aliphatic heterocycles. The molecule has 0 saturated carbocycles. The van der Waals surface area contributed by atoms with Crippen molar-refractivity contribution < 1.29 is 14.6 Å². The van der Waals surface area contributed by atoms with Crippen molar-refractivity contribution in [1.82, 2.24) is 14.8 Å². The summed E-state index contributed by atoms with van der Waals surface area (Å²) in [6.07, 6.45) is 1.61. The lowest BCUT2D eigenvalue weighted by Gasteiger charge is -2.23. The molecule has 0 radical (unpaired) electrons. The number of carboxylic acids is 1. The average molecular weight is 348 g/mol. The van der Waals surface area contributed by atoms with Crippen LogP contribution in [0.2, 0.25) is 0 Å². The molecule has 0 unspecified atom stereocenters. The molecule has 7 nitrogen and oxygen atoms in total. The van der Waals surface area contributed by atoms with E-state index in [0.29, 0.717) is 17.5 Å². The number of allylic oxidation sites excluding steroid dienone is 1. The lowest BCUT2D eigenvalue weighted by molar-refractivity contribution is -0.132. The minimum Gasteiger partial charge on any atom is -0.496 e. The van der Waals surface area contributed by atoms with E-state index < -0.39 is 12.0 Å². The van der Waals surface area contributed by atoms with Gasteiger partial charge in [0.1, 0.15) is 17.5 Å². The van der Waals surface area contributed by atoms with Crippen LogP contribution in [0.25, 0.3) is 11.4 Å². The molecular formula is C19H16N4O3. The summed E-state index contributed by atoms with van der Waals surface area (Å²) >= 11 is 0. The quantitative estimate of drug-likeness (QED) is 0.753. The molecular weight excluding hydrogens is 332 g/mol. The predicted molar refractivity (Wildman–Crippen MR) is 95.9 cm³/mol. The van der Waals surface area contributed by atoms with Crippen molar-refractivity contribution in [2.75, 3.05) is 12.4 Å². The van der Waals surface area contributed by atoms with Gasteiger partial charge >= 0.3 is 5.97 Å². The number of anilines is 1. The number of hydrogen-bond acceptors (Lipinski definition) is 5. The van der Waals surface area contributed by atoms with Crippen LogP contribution < -0.4 is 10.1 Å². The van der Waals surface area contributed by atoms with Crippen molar-refractivity contribution in [2.24, 2.45) is 0 Å². The molecule has 4 rings (SSSR count). The molecule has 1 aliphatic rings. The van der Waals surface area contributed by atoms with Gasteiger partial charge in [0.2, 0.25) is 5.95 Å². The van der Waals surface area contributed by atoms with Gasteiger partial charge in [-0.1, -0.05) is 48.5 Å². The number of methoxy groups -OCH3 is 1. The number of nitrogens with zero attached hydrogens (tertiary/aromatic N) is 3. The van der Waals surface area contributed by atoms with E-state index >= 15 is 0 Å². The second-order valence-corrected chi connectivity index (χ2v) is 5.77. The van der Waals surface area contributed by atoms with Crippen molar-refractivity contribution in [3.63, 3.8) is 0 Å². The van der Waals surface area contributed by atoms with E-state index in [1.165, 1.54) is 0 Å². The van der Waals surface area contributed by atoms with E-state index in [4.69, 9.17) is 4.74 Å². The first-order chi connectivity index (χ1) is 12.7. The predicted octanol–water partition coefficient (Wildman–Crippen LogP) is 2.94. The first-order valence-electron chi connectivity index (χ1n) is 8.04. The molecule has 2 heterocycles. The van der Waals surface area contributed by atoms with Crippen LogP contribution >= 0.6 is 0 Å². The van der Waals surface area contributed by atoms with Gasteiger partial charge in [-0.05, 0) is 12.1 Å². The molecule has 1 atom stereocenters. The smallest absolute Gasteiger partial charge is 0.352 e. The molecule has 0 spiro atoms. The van der Waals surface area contributed by atoms with Gasteiger partial charge in [-0.2, -0.15) is 4.98 Å². The molecule has 0 aliphatic carbocycles. The second-order valence-electron chi connectivity index (χ2n) is 5.77. The third-order valence-corrected chi connectivity index (χ3v) is 4.19. The molecule has 0 amide bonds. The number of nitrogens with one attached hydrogen (secondary N) is 1. The van der Waals surface area contributed by atoms with Gasteiger partial charge in [-0.15, -0.1) is 5.10 Å². The summed E-state index contributed by atoms with van der Waals surface area (Å²) in [6.45, 7) is 0. The van der Waals surface area contributed by atoms with Crippen molar-refractivity contribution >= 4 is 11.9 Å². The zero-order chi connectivity index (χ0) is 18.1. The van der Waals surface area contributed by atoms with Crippen molar-refractivity contribution in [2.45, 2.75) is 6.04 Å². The molecule has 0 bridgehead atoms. The highest BCUT2D eigenvalue weighted by Gasteiger charge is 2.29. The number of para-hydroxylation sites is 1. The SMILES string of the molecule is COc1ccccc1[C@@H]1C=C(C(=O)O)Nc2nc(-c3ccccc3)nn21. The van der Waals surface area contributed by atoms with Crippen molar-refractivity contribution in [3.8, 4) is 17.1 Å². The van der Waals surface area contributed by atoms with E-state index in [1.807, 2.05) is 54.6 Å². The van der Waals surface area contributed by atoms with E-state index in [2.05, 4.69) is 15.4 Å². The Morgan fingerprint density at radius 2 is 1.88 bits per heavy atom. The zero-order valence-corrected chi connectivity index (χ0v) is 14.0. The van der Waals surface area contributed by atoms with E-state index in [-0.39, 0.29) is 5.70 Å². The molecule has 3 aromatic rings. The summed E-state index contributed by atoms with van der Waals surface area (Å²) in [5, 5.41) is 16.9. The number of rotatable bonds is 4. The van der Waals surface area contributed by atoms with Gasteiger partial charge in [-0.3, -0.25) is 0 Å². The lowest BCUT2D eigenvalue weighted by atomic mass is 10.0. The second kappa shape index (κ2) is 6.36. The minimum atomic E-state index is -1.06. The number of carboxylic acid groups (broad SMARTS) is 1. The zero-order valence-electron chi connectivity index (χ0n) is 14.0. The Bertz CT molecular complexity index is 995. The van der Waals surface area contributed by atoms with Gasteiger partial charge in [0.15, 0.2) is 5.82 Å². The largest absolute Gasteiger partial charge is 0.496 e. The summed E-state index contributed by atoms with van der Waals surface area (Å²) in [5.74, 6) is 0.496. The monoisotopic (exact) mass is 348 g/mol. The summed E-state index contributed by atoms with van der Waals surface area (Å²) in [5.41, 5.74) is 1.72. The first kappa shape index (κ1) is 15.9. The molecule has 0 saturated heterocycles. The number of ether oxygens (including phenoxy) is 1. The Kier molecular flexibility index (Phi) is 3.89. The van der Waals surface area contributed by atoms with Crippen LogP contribution in [-0.4, -0.2) is 33.0 Å². The lowest BCUT2D eigenvalue weighted by Crippen LogP contribution is -2.24. The third kappa shape index (κ3) is 2.69. The van der Waals surface area contributed by atoms with E-state index in [9.17, 15) is 9.90 Å². The molecule has 7 heteroatoms. The van der Waals surface area contributed by atoms with Crippen LogP contribution in [0, 0.1) is 0 Å². The highest BCUT2D eigenvalue weighted by molar-refractivity contribution is 5.90. The summed E-state index contributed by atoms with van der Waals surface area (Å²) < 4.78 is 7.12. The van der Waals surface area contributed by atoms with Gasteiger partial charge in [-0.25, -0.2) is 9.48 Å². The molecule has 26 heavy (non-hydrogen) atoms. The van der Waals surface area contributed by atoms with Crippen molar-refractivity contribution in [1.29, 1.82) is 0 Å². The van der Waals surface area contributed by atoms with Crippen molar-refractivity contribution in [3.05, 3.63) is 71.9 Å². The van der Waals surface area contributed by atoms with E-state index in [0.717, 1.165) is 11.1 Å². The fourth-order valence-electron chi connectivity index (χ4n) is 2.96. The fourth-order valence-corrected chi connectivity index (χ4v) is 2.96. The maximum atomic E-state index is 11.6. The van der Waals surface area contributed by atoms with Crippen LogP contribution in [0.3, 0.4) is 0 Å². The number of carbonyl (C=O) groups is 1. The van der Waals surface area contributed by atoms with Crippen LogP contribution in [0.5, 0.6) is 5.75 Å². The van der Waals surface area contributed by atoms with Gasteiger partial charge in [0.25, 0.3) is 0 Å². The molecule has 2 N–H and O–H groups in total. The van der Waals surface area contributed by atoms with Crippen LogP contribution in [-0.2, 0) is 4.79 Å². The molecule has 1 aromatic heterocycles. The Morgan fingerprint density at radius 1 is 1.15 bits per heavy atom. The molecule has 2 aromatic carbocycles. The van der Waals surface area contributed by atoms with Gasteiger partial charge in [0, 0.05) is 11.1 Å². The first-order valence-corrected chi connectivity index (χ1v) is 8.04. The Labute approximate surface area is 149 Å². The normalized spacial score (nSPS) is 15.6. The van der Waals surface area contributed by atoms with Gasteiger partial charge in [0.05, 0.1) is 7.11 Å². The van der Waals surface area contributed by atoms with E-state index in [1.54, 1.807) is 17.9 Å². The number of aromatic nitrogens is 3. The number of hydrogen-bond donors (Lipinski definition) is 2. The van der Waals surface area contributed by atoms with Crippen LogP contribution in [0.1, 0.15) is 11.6 Å². The minimum absolute atomic E-state index is 0.0559. The number of benzene rings is 2. The maximum Gasteiger partial charge on any atom is 0.352 e. The Morgan fingerprint density at radius 3 is 2.62 bits per heavy atom. The average Bonchev–Trinajstić information content (AvgIpc) is 3.12. The Hall–Kier alpha value is -3.61. The van der Waals surface area contributed by atoms with Gasteiger partial charge < -0.3 is 15.2 Å². The summed E-state index contributed by atoms with van der Waals surface area (Å²) in [6, 6.07) is 16.6. The standard InChI is InChI=1S/C19H16N4O3/c1-26-16-10-6-5-9-13(16)15-11-14(18(24)25)20-19-21-17(22-23(15)19)12-7-3-2-4-8-12/h2-11,15H,1H3,(H,24,25)(H,20,21,22)/t15-/m0/s1. The molecule has 130 valence electrons. The Balaban J connectivity index is 1.86. The fraction of sp³-hybridized carbons (Fsp3) is 0.105. The highest BCUT2D eigenvalue weighted by Crippen LogP contribution is 2.35. The number of aliphatic carboxylic acids is 1. The summed E-state index contributed by atoms with van der Waals surface area (Å²) in [7, 11) is 1.58. The van der Waals surface area contributed by atoms with Crippen LogP contribution in [0.4, 0.5) is 5.95 Å². The number of fused-ring (bicyclic) bond motifs is 1. The topological polar surface area (TPSA) is 89.3 Å². The highest BCUT2D eigenvalue weighted by atomic mass is 16.5. The molecule has 0 fully saturated rings. The third-order valence-electron chi connectivity index (χ3n) is 4.19. The maximum absolute atomic E-state index is 11.6. The summed E-state index contributed by atoms with van der Waals surface area (Å²) in [4.78, 5) is 16.0. The van der Waals surface area contributed by atoms with Crippen LogP contribution in [0.15, 0.2) is 66.4 Å².